The molecule has 5 N–H and O–H groups in total. The maximum atomic E-state index is 12.6. The average molecular weight is 279 g/mol. The molecule has 0 bridgehead atoms. The molecule has 20 heavy (non-hydrogen) atoms. The lowest BCUT2D eigenvalue weighted by Gasteiger charge is -2.35. The van der Waals surface area contributed by atoms with Crippen LogP contribution in [0.5, 0.6) is 0 Å². The number of carbonyl (C=O) groups is 1. The number of hydrogen-bond donors (Lipinski definition) is 4. The van der Waals surface area contributed by atoms with Crippen LogP contribution in [-0.2, 0) is 4.79 Å². The fraction of sp³-hybridized carbons (Fsp3) is 0.615. The normalized spacial score (nSPS) is 20.4. The molecule has 0 spiro atoms. The lowest BCUT2D eigenvalue weighted by Crippen LogP contribution is -2.51. The topological polar surface area (TPSA) is 116 Å². The largest absolute Gasteiger partial charge is 0.409 e. The number of H-pyrrole nitrogens is 1. The molecule has 1 aliphatic rings. The maximum Gasteiger partial charge on any atom is 0.234 e. The van der Waals surface area contributed by atoms with E-state index >= 15 is 0 Å². The Hall–Kier alpha value is -2.05. The van der Waals surface area contributed by atoms with Gasteiger partial charge in [0.25, 0.3) is 0 Å². The molecule has 1 saturated carbocycles. The van der Waals surface area contributed by atoms with E-state index in [2.05, 4.69) is 20.7 Å². The first-order chi connectivity index (χ1) is 9.60. The lowest BCUT2D eigenvalue weighted by atomic mass is 9.72. The molecule has 0 saturated heterocycles. The number of aromatic amines is 1. The molecule has 1 aliphatic carbocycles. The van der Waals surface area contributed by atoms with Crippen LogP contribution in [0.2, 0.25) is 0 Å². The molecule has 7 nitrogen and oxygen atoms in total. The van der Waals surface area contributed by atoms with Gasteiger partial charge in [0, 0.05) is 11.8 Å². The molecule has 0 aromatic carbocycles. The minimum absolute atomic E-state index is 0.00842. The van der Waals surface area contributed by atoms with Gasteiger partial charge in [0.1, 0.15) is 5.41 Å². The summed E-state index contributed by atoms with van der Waals surface area (Å²) in [6.45, 7) is 1.88. The van der Waals surface area contributed by atoms with Crippen LogP contribution in [0.15, 0.2) is 17.5 Å². The molecule has 110 valence electrons. The van der Waals surface area contributed by atoms with Gasteiger partial charge >= 0.3 is 0 Å². The Kier molecular flexibility index (Phi) is 4.26. The fourth-order valence-electron chi connectivity index (χ4n) is 2.77. The zero-order valence-electron chi connectivity index (χ0n) is 11.6. The van der Waals surface area contributed by atoms with E-state index in [0.717, 1.165) is 24.8 Å². The minimum atomic E-state index is -0.884. The Morgan fingerprint density at radius 1 is 1.55 bits per heavy atom. The average Bonchev–Trinajstić information content (AvgIpc) is 3.01. The van der Waals surface area contributed by atoms with E-state index in [1.807, 2.05) is 6.92 Å². The van der Waals surface area contributed by atoms with E-state index in [9.17, 15) is 4.79 Å². The smallest absolute Gasteiger partial charge is 0.234 e. The predicted octanol–water partition coefficient (Wildman–Crippen LogP) is 1.28. The Morgan fingerprint density at radius 2 is 2.25 bits per heavy atom. The number of nitrogens with zero attached hydrogens (tertiary/aromatic N) is 2. The maximum absolute atomic E-state index is 12.6. The standard InChI is InChI=1S/C13H21N5O2/c1-9(10-7-15-16-8-10)17-12(19)13(11(14)18-20)5-3-2-4-6-13/h7-9,20H,2-6H2,1H3,(H2,14,18)(H,15,16)(H,17,19). The number of aromatic nitrogens is 2. The van der Waals surface area contributed by atoms with Gasteiger partial charge in [0.2, 0.25) is 5.91 Å². The number of rotatable bonds is 4. The molecule has 0 radical (unpaired) electrons. The zero-order chi connectivity index (χ0) is 14.6. The summed E-state index contributed by atoms with van der Waals surface area (Å²) in [5.74, 6) is -0.171. The van der Waals surface area contributed by atoms with Crippen molar-refractivity contribution in [2.75, 3.05) is 0 Å². The van der Waals surface area contributed by atoms with Crippen molar-refractivity contribution in [3.8, 4) is 0 Å². The van der Waals surface area contributed by atoms with Crippen molar-refractivity contribution in [2.45, 2.75) is 45.1 Å². The van der Waals surface area contributed by atoms with Gasteiger partial charge in [-0.05, 0) is 19.8 Å². The quantitative estimate of drug-likeness (QED) is 0.287. The molecule has 1 aromatic rings. The number of amidine groups is 1. The van der Waals surface area contributed by atoms with Crippen molar-refractivity contribution in [3.05, 3.63) is 18.0 Å². The third-order valence-electron chi connectivity index (χ3n) is 4.11. The summed E-state index contributed by atoms with van der Waals surface area (Å²) in [4.78, 5) is 12.6. The van der Waals surface area contributed by atoms with E-state index < -0.39 is 5.41 Å². The summed E-state index contributed by atoms with van der Waals surface area (Å²) in [6, 6.07) is -0.174. The second kappa shape index (κ2) is 5.94. The van der Waals surface area contributed by atoms with E-state index in [0.29, 0.717) is 12.8 Å². The van der Waals surface area contributed by atoms with Crippen LogP contribution < -0.4 is 11.1 Å². The van der Waals surface area contributed by atoms with Crippen molar-refractivity contribution < 1.29 is 10.0 Å². The molecular formula is C13H21N5O2. The highest BCUT2D eigenvalue weighted by Gasteiger charge is 2.44. The summed E-state index contributed by atoms with van der Waals surface area (Å²) in [7, 11) is 0. The third-order valence-corrected chi connectivity index (χ3v) is 4.11. The molecule has 1 amide bonds. The van der Waals surface area contributed by atoms with E-state index in [1.54, 1.807) is 12.4 Å². The first kappa shape index (κ1) is 14.4. The summed E-state index contributed by atoms with van der Waals surface area (Å²) in [5, 5.41) is 21.6. The second-order valence-corrected chi connectivity index (χ2v) is 5.35. The van der Waals surface area contributed by atoms with Gasteiger partial charge in [-0.15, -0.1) is 0 Å². The van der Waals surface area contributed by atoms with Gasteiger partial charge in [-0.2, -0.15) is 5.10 Å². The minimum Gasteiger partial charge on any atom is -0.409 e. The summed E-state index contributed by atoms with van der Waals surface area (Å²) in [6.07, 6.45) is 7.53. The summed E-state index contributed by atoms with van der Waals surface area (Å²) in [5.41, 5.74) is 5.81. The number of oxime groups is 1. The van der Waals surface area contributed by atoms with Gasteiger partial charge in [-0.25, -0.2) is 0 Å². The molecule has 7 heteroatoms. The fourth-order valence-corrected chi connectivity index (χ4v) is 2.77. The molecule has 1 fully saturated rings. The van der Waals surface area contributed by atoms with Crippen LogP contribution in [0, 0.1) is 5.41 Å². The Balaban J connectivity index is 2.15. The predicted molar refractivity (Wildman–Crippen MR) is 74.1 cm³/mol. The Bertz CT molecular complexity index is 477. The van der Waals surface area contributed by atoms with Crippen molar-refractivity contribution >= 4 is 11.7 Å². The summed E-state index contributed by atoms with van der Waals surface area (Å²) < 4.78 is 0. The van der Waals surface area contributed by atoms with E-state index in [1.165, 1.54) is 0 Å². The van der Waals surface area contributed by atoms with Crippen molar-refractivity contribution in [1.82, 2.24) is 15.5 Å². The van der Waals surface area contributed by atoms with Crippen LogP contribution >= 0.6 is 0 Å². The number of carbonyl (C=O) groups excluding carboxylic acids is 1. The highest BCUT2D eigenvalue weighted by molar-refractivity contribution is 6.06. The van der Waals surface area contributed by atoms with Crippen LogP contribution in [0.25, 0.3) is 0 Å². The van der Waals surface area contributed by atoms with E-state index in [4.69, 9.17) is 10.9 Å². The van der Waals surface area contributed by atoms with Gasteiger partial charge in [0.15, 0.2) is 5.84 Å². The van der Waals surface area contributed by atoms with Crippen LogP contribution in [-0.4, -0.2) is 27.1 Å². The number of nitrogens with two attached hydrogens (primary N) is 1. The third kappa shape index (κ3) is 2.61. The van der Waals surface area contributed by atoms with Crippen LogP contribution in [0.1, 0.15) is 50.6 Å². The van der Waals surface area contributed by atoms with Crippen molar-refractivity contribution in [2.24, 2.45) is 16.3 Å². The van der Waals surface area contributed by atoms with Gasteiger partial charge < -0.3 is 16.3 Å². The Morgan fingerprint density at radius 3 is 2.80 bits per heavy atom. The zero-order valence-corrected chi connectivity index (χ0v) is 11.6. The van der Waals surface area contributed by atoms with Crippen LogP contribution in [0.4, 0.5) is 0 Å². The molecule has 1 unspecified atom stereocenters. The number of amides is 1. The van der Waals surface area contributed by atoms with Gasteiger partial charge in [-0.3, -0.25) is 9.89 Å². The van der Waals surface area contributed by atoms with Gasteiger partial charge in [0.05, 0.1) is 12.2 Å². The highest BCUT2D eigenvalue weighted by atomic mass is 16.4. The molecule has 1 aromatic heterocycles. The highest BCUT2D eigenvalue weighted by Crippen LogP contribution is 2.37. The molecule has 1 atom stereocenters. The second-order valence-electron chi connectivity index (χ2n) is 5.35. The SMILES string of the molecule is CC(NC(=O)C1(C(N)=NO)CCCCC1)c1cn[nH]c1. The molecule has 1 heterocycles. The lowest BCUT2D eigenvalue weighted by molar-refractivity contribution is -0.129. The Labute approximate surface area is 117 Å². The number of hydrogen-bond acceptors (Lipinski definition) is 4. The first-order valence-corrected chi connectivity index (χ1v) is 6.88. The number of nitrogens with one attached hydrogen (secondary N) is 2. The van der Waals surface area contributed by atoms with Gasteiger partial charge in [-0.1, -0.05) is 24.4 Å². The van der Waals surface area contributed by atoms with E-state index in [-0.39, 0.29) is 17.8 Å². The molecule has 0 aliphatic heterocycles. The van der Waals surface area contributed by atoms with Crippen molar-refractivity contribution in [1.29, 1.82) is 0 Å². The van der Waals surface area contributed by atoms with Crippen molar-refractivity contribution in [3.63, 3.8) is 0 Å². The summed E-state index contributed by atoms with van der Waals surface area (Å²) >= 11 is 0. The molecular weight excluding hydrogens is 258 g/mol. The monoisotopic (exact) mass is 279 g/mol. The molecule has 2 rings (SSSR count). The first-order valence-electron chi connectivity index (χ1n) is 6.88. The van der Waals surface area contributed by atoms with Crippen LogP contribution in [0.3, 0.4) is 0 Å².